The lowest BCUT2D eigenvalue weighted by molar-refractivity contribution is 1.20. The average molecular weight is 315 g/mol. The van der Waals surface area contributed by atoms with E-state index in [-0.39, 0.29) is 0 Å². The average Bonchev–Trinajstić information content (AvgIpc) is 3.09. The molecule has 5 rings (SSSR count). The molecule has 3 nitrogen and oxygen atoms in total. The topological polar surface area (TPSA) is 30.2 Å². The molecule has 0 N–H and O–H groups in total. The number of aryl methyl sites for hydroxylation is 1. The van der Waals surface area contributed by atoms with Gasteiger partial charge in [0.2, 0.25) is 0 Å². The molecular weight excluding hydrogens is 302 g/mol. The Labute approximate surface area is 136 Å². The van der Waals surface area contributed by atoms with E-state index in [2.05, 4.69) is 57.9 Å². The molecule has 3 heterocycles. The number of hydrogen-bond acceptors (Lipinski definition) is 3. The van der Waals surface area contributed by atoms with Gasteiger partial charge in [0.15, 0.2) is 4.96 Å². The summed E-state index contributed by atoms with van der Waals surface area (Å²) < 4.78 is 3.49. The summed E-state index contributed by atoms with van der Waals surface area (Å²) in [4.78, 5) is 10.4. The van der Waals surface area contributed by atoms with Gasteiger partial charge >= 0.3 is 0 Å². The minimum absolute atomic E-state index is 1.01. The Hall–Kier alpha value is -2.72. The highest BCUT2D eigenvalue weighted by atomic mass is 32.1. The molecule has 0 aliphatic carbocycles. The fourth-order valence-corrected chi connectivity index (χ4v) is 4.06. The monoisotopic (exact) mass is 315 g/mol. The van der Waals surface area contributed by atoms with E-state index in [4.69, 9.17) is 4.98 Å². The van der Waals surface area contributed by atoms with Crippen LogP contribution in [0.2, 0.25) is 0 Å². The van der Waals surface area contributed by atoms with E-state index in [9.17, 15) is 0 Å². The second kappa shape index (κ2) is 4.64. The van der Waals surface area contributed by atoms with Gasteiger partial charge in [-0.1, -0.05) is 35.6 Å². The highest BCUT2D eigenvalue weighted by Crippen LogP contribution is 2.32. The predicted molar refractivity (Wildman–Crippen MR) is 96.0 cm³/mol. The molecule has 110 valence electrons. The van der Waals surface area contributed by atoms with Gasteiger partial charge in [-0.2, -0.15) is 0 Å². The van der Waals surface area contributed by atoms with Crippen LogP contribution in [0.15, 0.2) is 60.7 Å². The first-order valence-electron chi connectivity index (χ1n) is 7.53. The van der Waals surface area contributed by atoms with Gasteiger partial charge in [0.05, 0.1) is 26.9 Å². The van der Waals surface area contributed by atoms with Crippen molar-refractivity contribution in [1.29, 1.82) is 0 Å². The number of benzene rings is 2. The Morgan fingerprint density at radius 1 is 0.870 bits per heavy atom. The molecular formula is C19H13N3S. The molecule has 2 aromatic carbocycles. The highest BCUT2D eigenvalue weighted by molar-refractivity contribution is 7.23. The fraction of sp³-hybridized carbons (Fsp3) is 0.0526. The number of rotatable bonds is 1. The molecule has 0 unspecified atom stereocenters. The Morgan fingerprint density at radius 3 is 2.70 bits per heavy atom. The van der Waals surface area contributed by atoms with Gasteiger partial charge in [-0.15, -0.1) is 0 Å². The van der Waals surface area contributed by atoms with Crippen molar-refractivity contribution in [3.8, 4) is 11.3 Å². The van der Waals surface area contributed by atoms with Crippen LogP contribution in [-0.2, 0) is 0 Å². The number of fused-ring (bicyclic) bond motifs is 5. The molecule has 23 heavy (non-hydrogen) atoms. The molecule has 5 aromatic rings. The lowest BCUT2D eigenvalue weighted by atomic mass is 10.1. The zero-order valence-corrected chi connectivity index (χ0v) is 13.3. The van der Waals surface area contributed by atoms with Gasteiger partial charge < -0.3 is 0 Å². The van der Waals surface area contributed by atoms with Crippen LogP contribution >= 0.6 is 11.3 Å². The third kappa shape index (κ3) is 1.88. The minimum atomic E-state index is 1.01. The molecule has 0 saturated heterocycles. The Bertz CT molecular complexity index is 1180. The molecule has 0 radical (unpaired) electrons. The van der Waals surface area contributed by atoms with Crippen molar-refractivity contribution in [2.75, 3.05) is 0 Å². The Kier molecular flexibility index (Phi) is 2.58. The van der Waals surface area contributed by atoms with Gasteiger partial charge in [-0.05, 0) is 43.3 Å². The van der Waals surface area contributed by atoms with E-state index in [1.807, 2.05) is 19.1 Å². The van der Waals surface area contributed by atoms with E-state index < -0.39 is 0 Å². The van der Waals surface area contributed by atoms with Crippen LogP contribution in [-0.4, -0.2) is 14.4 Å². The third-order valence-corrected chi connectivity index (χ3v) is 5.14. The largest absolute Gasteiger partial charge is 0.283 e. The number of aromatic nitrogens is 3. The third-order valence-electron chi connectivity index (χ3n) is 4.12. The molecule has 0 saturated carbocycles. The molecule has 0 spiro atoms. The molecule has 0 atom stereocenters. The van der Waals surface area contributed by atoms with Gasteiger partial charge in [-0.3, -0.25) is 9.38 Å². The van der Waals surface area contributed by atoms with Crippen molar-refractivity contribution in [1.82, 2.24) is 14.4 Å². The van der Waals surface area contributed by atoms with Crippen LogP contribution in [0.4, 0.5) is 0 Å². The first-order chi connectivity index (χ1) is 11.3. The lowest BCUT2D eigenvalue weighted by Gasteiger charge is -2.03. The number of pyridine rings is 1. The first-order valence-corrected chi connectivity index (χ1v) is 8.35. The molecule has 0 aliphatic heterocycles. The summed E-state index contributed by atoms with van der Waals surface area (Å²) in [6.07, 6.45) is 0. The predicted octanol–water partition coefficient (Wildman–Crippen LogP) is 5.07. The number of para-hydroxylation sites is 2. The van der Waals surface area contributed by atoms with Crippen molar-refractivity contribution in [2.45, 2.75) is 6.92 Å². The number of nitrogens with zero attached hydrogens (tertiary/aromatic N) is 3. The fourth-order valence-electron chi connectivity index (χ4n) is 3.05. The Morgan fingerprint density at radius 2 is 1.78 bits per heavy atom. The smallest absolute Gasteiger partial charge is 0.195 e. The van der Waals surface area contributed by atoms with Gasteiger partial charge in [0, 0.05) is 11.3 Å². The number of imidazole rings is 1. The van der Waals surface area contributed by atoms with Crippen LogP contribution in [0.5, 0.6) is 0 Å². The highest BCUT2D eigenvalue weighted by Gasteiger charge is 2.12. The molecule has 0 bridgehead atoms. The maximum atomic E-state index is 4.73. The van der Waals surface area contributed by atoms with Crippen molar-refractivity contribution in [3.05, 3.63) is 66.4 Å². The van der Waals surface area contributed by atoms with Gasteiger partial charge in [0.1, 0.15) is 0 Å². The summed E-state index contributed by atoms with van der Waals surface area (Å²) in [7, 11) is 0. The van der Waals surface area contributed by atoms with Crippen LogP contribution in [0.1, 0.15) is 5.69 Å². The van der Waals surface area contributed by atoms with Crippen molar-refractivity contribution < 1.29 is 0 Å². The van der Waals surface area contributed by atoms with Gasteiger partial charge in [0.25, 0.3) is 0 Å². The molecule has 3 aromatic heterocycles. The summed E-state index contributed by atoms with van der Waals surface area (Å²) in [6.45, 7) is 2.02. The minimum Gasteiger partial charge on any atom is -0.283 e. The van der Waals surface area contributed by atoms with Crippen molar-refractivity contribution in [3.63, 3.8) is 0 Å². The maximum absolute atomic E-state index is 4.73. The van der Waals surface area contributed by atoms with Gasteiger partial charge in [-0.25, -0.2) is 4.98 Å². The number of thiazole rings is 1. The van der Waals surface area contributed by atoms with Crippen LogP contribution in [0, 0.1) is 6.92 Å². The molecule has 0 aliphatic rings. The summed E-state index contributed by atoms with van der Waals surface area (Å²) >= 11 is 1.73. The van der Waals surface area contributed by atoms with E-state index in [1.165, 1.54) is 10.2 Å². The second-order valence-electron chi connectivity index (χ2n) is 5.67. The molecule has 0 amide bonds. The normalized spacial score (nSPS) is 11.7. The van der Waals surface area contributed by atoms with Crippen molar-refractivity contribution in [2.24, 2.45) is 0 Å². The quantitative estimate of drug-likeness (QED) is 0.432. The van der Waals surface area contributed by atoms with Crippen molar-refractivity contribution >= 4 is 37.5 Å². The summed E-state index contributed by atoms with van der Waals surface area (Å²) in [5, 5.41) is 0. The second-order valence-corrected chi connectivity index (χ2v) is 6.68. The van der Waals surface area contributed by atoms with E-state index in [0.29, 0.717) is 0 Å². The van der Waals surface area contributed by atoms with E-state index in [1.54, 1.807) is 11.3 Å². The molecule has 4 heteroatoms. The molecule has 0 fully saturated rings. The van der Waals surface area contributed by atoms with Crippen LogP contribution < -0.4 is 0 Å². The van der Waals surface area contributed by atoms with Crippen LogP contribution in [0.25, 0.3) is 37.5 Å². The maximum Gasteiger partial charge on any atom is 0.195 e. The lowest BCUT2D eigenvalue weighted by Crippen LogP contribution is -1.87. The van der Waals surface area contributed by atoms with Crippen LogP contribution in [0.3, 0.4) is 0 Å². The summed E-state index contributed by atoms with van der Waals surface area (Å²) in [5.41, 5.74) is 6.57. The standard InChI is InChI=1S/C19H13N3S/c1-12-5-4-7-14(20-12)13-9-10-18-17(11-13)22-16-8-3-2-6-15(16)21-19(22)23-18/h2-11H,1H3. The Balaban J connectivity index is 1.85. The first kappa shape index (κ1) is 12.8. The zero-order valence-electron chi connectivity index (χ0n) is 12.5. The van der Waals surface area contributed by atoms with E-state index >= 15 is 0 Å². The summed E-state index contributed by atoms with van der Waals surface area (Å²) in [6, 6.07) is 20.9. The zero-order chi connectivity index (χ0) is 15.4. The van der Waals surface area contributed by atoms with E-state index in [0.717, 1.165) is 32.9 Å². The number of hydrogen-bond donors (Lipinski definition) is 0. The summed E-state index contributed by atoms with van der Waals surface area (Å²) in [5.74, 6) is 0. The SMILES string of the molecule is Cc1cccc(-c2ccc3sc4nc5ccccc5n4c3c2)n1.